The fourth-order valence-electron chi connectivity index (χ4n) is 1.60. The quantitative estimate of drug-likeness (QED) is 0.525. The Bertz CT molecular complexity index is 706. The third-order valence-corrected chi connectivity index (χ3v) is 3.03. The first-order valence-electron chi connectivity index (χ1n) is 6.50. The normalized spacial score (nSPS) is 9.91. The lowest BCUT2D eigenvalue weighted by atomic mass is 10.2. The monoisotopic (exact) mass is 315 g/mol. The molecule has 0 fully saturated rings. The Morgan fingerprint density at radius 2 is 1.64 bits per heavy atom. The van der Waals surface area contributed by atoms with Crippen LogP contribution in [-0.2, 0) is 4.79 Å². The van der Waals surface area contributed by atoms with Crippen molar-refractivity contribution in [3.05, 3.63) is 71.3 Å². The molecule has 2 aromatic rings. The molecule has 0 aliphatic rings. The topological polar surface area (TPSA) is 55.4 Å². The molecule has 0 heterocycles. The summed E-state index contributed by atoms with van der Waals surface area (Å²) in [6.45, 7) is 5.07. The van der Waals surface area contributed by atoms with E-state index in [-0.39, 0.29) is 5.91 Å². The number of hydrogen-bond acceptors (Lipinski definition) is 3. The molecule has 1 amide bonds. The van der Waals surface area contributed by atoms with Crippen LogP contribution in [0.2, 0.25) is 5.02 Å². The highest BCUT2D eigenvalue weighted by molar-refractivity contribution is 6.30. The number of ether oxygens (including phenoxy) is 1. The van der Waals surface area contributed by atoms with Gasteiger partial charge >= 0.3 is 5.97 Å². The number of anilines is 1. The fraction of sp³-hybridized carbons (Fsp3) is 0.0588. The van der Waals surface area contributed by atoms with E-state index in [0.717, 1.165) is 0 Å². The van der Waals surface area contributed by atoms with Gasteiger partial charge in [-0.2, -0.15) is 0 Å². The van der Waals surface area contributed by atoms with Gasteiger partial charge in [-0.3, -0.25) is 4.79 Å². The van der Waals surface area contributed by atoms with E-state index in [9.17, 15) is 9.59 Å². The van der Waals surface area contributed by atoms with E-state index in [0.29, 0.717) is 27.6 Å². The van der Waals surface area contributed by atoms with Crippen molar-refractivity contribution in [2.24, 2.45) is 0 Å². The number of carbonyl (C=O) groups is 2. The summed E-state index contributed by atoms with van der Waals surface area (Å²) in [4.78, 5) is 23.5. The molecular weight excluding hydrogens is 302 g/mol. The van der Waals surface area contributed by atoms with Crippen molar-refractivity contribution in [1.82, 2.24) is 0 Å². The molecule has 112 valence electrons. The molecule has 0 aliphatic heterocycles. The largest absolute Gasteiger partial charge is 0.423 e. The number of nitrogens with one attached hydrogen (secondary N) is 1. The van der Waals surface area contributed by atoms with Gasteiger partial charge in [-0.1, -0.05) is 18.2 Å². The van der Waals surface area contributed by atoms with Crippen LogP contribution in [-0.4, -0.2) is 11.9 Å². The summed E-state index contributed by atoms with van der Waals surface area (Å²) in [6, 6.07) is 13.1. The molecule has 0 saturated heterocycles. The van der Waals surface area contributed by atoms with Crippen molar-refractivity contribution >= 4 is 29.2 Å². The molecule has 0 aromatic heterocycles. The molecule has 4 nitrogen and oxygen atoms in total. The summed E-state index contributed by atoms with van der Waals surface area (Å²) < 4.78 is 5.06. The van der Waals surface area contributed by atoms with Crippen LogP contribution in [0.3, 0.4) is 0 Å². The van der Waals surface area contributed by atoms with E-state index in [1.165, 1.54) is 0 Å². The summed E-state index contributed by atoms with van der Waals surface area (Å²) in [7, 11) is 0. The maximum atomic E-state index is 12.1. The molecule has 0 radical (unpaired) electrons. The highest BCUT2D eigenvalue weighted by atomic mass is 35.5. The van der Waals surface area contributed by atoms with E-state index in [2.05, 4.69) is 11.9 Å². The lowest BCUT2D eigenvalue weighted by Crippen LogP contribution is -2.12. The minimum absolute atomic E-state index is 0.264. The van der Waals surface area contributed by atoms with Gasteiger partial charge in [0.1, 0.15) is 5.75 Å². The van der Waals surface area contributed by atoms with Crippen LogP contribution in [0.5, 0.6) is 5.75 Å². The second-order valence-electron chi connectivity index (χ2n) is 4.66. The standard InChI is InChI=1S/C17H14ClNO3/c1-11(2)17(21)22-15-9-3-12(4-10-15)16(20)19-14-7-5-13(18)6-8-14/h3-10H,1H2,2H3,(H,19,20). The molecule has 2 aromatic carbocycles. The van der Waals surface area contributed by atoms with E-state index in [4.69, 9.17) is 16.3 Å². The van der Waals surface area contributed by atoms with Crippen LogP contribution in [0.4, 0.5) is 5.69 Å². The van der Waals surface area contributed by atoms with Crippen molar-refractivity contribution in [1.29, 1.82) is 0 Å². The molecular formula is C17H14ClNO3. The number of amides is 1. The number of carbonyl (C=O) groups excluding carboxylic acids is 2. The zero-order chi connectivity index (χ0) is 16.1. The Morgan fingerprint density at radius 3 is 2.18 bits per heavy atom. The Labute approximate surface area is 133 Å². The Hall–Kier alpha value is -2.59. The second kappa shape index (κ2) is 6.91. The SMILES string of the molecule is C=C(C)C(=O)Oc1ccc(C(=O)Nc2ccc(Cl)cc2)cc1. The molecule has 0 unspecified atom stereocenters. The van der Waals surface area contributed by atoms with Gasteiger partial charge in [0.15, 0.2) is 0 Å². The number of hydrogen-bond donors (Lipinski definition) is 1. The predicted octanol–water partition coefficient (Wildman–Crippen LogP) is 4.07. The minimum atomic E-state index is -0.502. The summed E-state index contributed by atoms with van der Waals surface area (Å²) in [5.74, 6) is -0.408. The average molecular weight is 316 g/mol. The van der Waals surface area contributed by atoms with Crippen LogP contribution in [0.15, 0.2) is 60.7 Å². The number of esters is 1. The van der Waals surface area contributed by atoms with Gasteiger partial charge in [0, 0.05) is 21.8 Å². The lowest BCUT2D eigenvalue weighted by molar-refractivity contribution is -0.130. The Morgan fingerprint density at radius 1 is 1.05 bits per heavy atom. The van der Waals surface area contributed by atoms with E-state index < -0.39 is 5.97 Å². The third-order valence-electron chi connectivity index (χ3n) is 2.78. The van der Waals surface area contributed by atoms with E-state index >= 15 is 0 Å². The van der Waals surface area contributed by atoms with E-state index in [1.807, 2.05) is 0 Å². The van der Waals surface area contributed by atoms with Gasteiger partial charge in [-0.05, 0) is 55.5 Å². The van der Waals surface area contributed by atoms with Gasteiger partial charge < -0.3 is 10.1 Å². The van der Waals surface area contributed by atoms with Gasteiger partial charge in [-0.25, -0.2) is 4.79 Å². The first kappa shape index (κ1) is 15.8. The molecule has 0 spiro atoms. The fourth-order valence-corrected chi connectivity index (χ4v) is 1.73. The third kappa shape index (κ3) is 4.20. The average Bonchev–Trinajstić information content (AvgIpc) is 2.50. The molecule has 0 saturated carbocycles. The van der Waals surface area contributed by atoms with Gasteiger partial charge in [-0.15, -0.1) is 0 Å². The van der Waals surface area contributed by atoms with Gasteiger partial charge in [0.2, 0.25) is 0 Å². The Balaban J connectivity index is 2.03. The van der Waals surface area contributed by atoms with Crippen LogP contribution in [0, 0.1) is 0 Å². The smallest absolute Gasteiger partial charge is 0.338 e. The Kier molecular flexibility index (Phi) is 4.96. The molecule has 0 bridgehead atoms. The van der Waals surface area contributed by atoms with Gasteiger partial charge in [0.05, 0.1) is 0 Å². The molecule has 22 heavy (non-hydrogen) atoms. The molecule has 0 aliphatic carbocycles. The number of rotatable bonds is 4. The molecule has 5 heteroatoms. The van der Waals surface area contributed by atoms with Crippen LogP contribution in [0.25, 0.3) is 0 Å². The highest BCUT2D eigenvalue weighted by Crippen LogP contribution is 2.17. The van der Waals surface area contributed by atoms with Crippen LogP contribution in [0.1, 0.15) is 17.3 Å². The van der Waals surface area contributed by atoms with Gasteiger partial charge in [0.25, 0.3) is 5.91 Å². The summed E-state index contributed by atoms with van der Waals surface area (Å²) in [5.41, 5.74) is 1.40. The first-order valence-corrected chi connectivity index (χ1v) is 6.88. The zero-order valence-corrected chi connectivity index (χ0v) is 12.7. The van der Waals surface area contributed by atoms with Crippen molar-refractivity contribution in [3.63, 3.8) is 0 Å². The van der Waals surface area contributed by atoms with Crippen molar-refractivity contribution in [2.75, 3.05) is 5.32 Å². The molecule has 2 rings (SSSR count). The highest BCUT2D eigenvalue weighted by Gasteiger charge is 2.08. The maximum absolute atomic E-state index is 12.1. The minimum Gasteiger partial charge on any atom is -0.423 e. The first-order chi connectivity index (χ1) is 10.5. The predicted molar refractivity (Wildman–Crippen MR) is 86.3 cm³/mol. The van der Waals surface area contributed by atoms with Crippen molar-refractivity contribution in [2.45, 2.75) is 6.92 Å². The van der Waals surface area contributed by atoms with Crippen molar-refractivity contribution < 1.29 is 14.3 Å². The lowest BCUT2D eigenvalue weighted by Gasteiger charge is -2.07. The van der Waals surface area contributed by atoms with Crippen molar-refractivity contribution in [3.8, 4) is 5.75 Å². The summed E-state index contributed by atoms with van der Waals surface area (Å²) >= 11 is 5.79. The molecule has 1 N–H and O–H groups in total. The number of benzene rings is 2. The summed E-state index contributed by atoms with van der Waals surface area (Å²) in [5, 5.41) is 3.34. The van der Waals surface area contributed by atoms with E-state index in [1.54, 1.807) is 55.5 Å². The molecule has 0 atom stereocenters. The maximum Gasteiger partial charge on any atom is 0.338 e. The van der Waals surface area contributed by atoms with Crippen LogP contribution < -0.4 is 10.1 Å². The zero-order valence-electron chi connectivity index (χ0n) is 11.9. The number of halogens is 1. The van der Waals surface area contributed by atoms with Crippen LogP contribution >= 0.6 is 11.6 Å². The summed E-state index contributed by atoms with van der Waals surface area (Å²) in [6.07, 6.45) is 0. The second-order valence-corrected chi connectivity index (χ2v) is 5.09.